The fourth-order valence-corrected chi connectivity index (χ4v) is 2.84. The number of hydrogen-bond acceptors (Lipinski definition) is 2. The molecule has 18 heavy (non-hydrogen) atoms. The second-order valence-electron chi connectivity index (χ2n) is 5.46. The van der Waals surface area contributed by atoms with Crippen molar-refractivity contribution in [3.05, 3.63) is 35.1 Å². The molecule has 1 aliphatic heterocycles. The van der Waals surface area contributed by atoms with E-state index in [-0.39, 0.29) is 11.9 Å². The van der Waals surface area contributed by atoms with Gasteiger partial charge in [0.1, 0.15) is 5.82 Å². The van der Waals surface area contributed by atoms with E-state index in [0.717, 1.165) is 30.6 Å². The fourth-order valence-electron chi connectivity index (χ4n) is 2.84. The summed E-state index contributed by atoms with van der Waals surface area (Å²) in [6.45, 7) is 6.00. The van der Waals surface area contributed by atoms with E-state index in [1.165, 1.54) is 18.9 Å². The molecule has 2 rings (SSSR count). The van der Waals surface area contributed by atoms with Crippen molar-refractivity contribution in [2.24, 2.45) is 5.73 Å². The third-order valence-electron chi connectivity index (χ3n) is 3.96. The van der Waals surface area contributed by atoms with Crippen molar-refractivity contribution in [1.29, 1.82) is 0 Å². The van der Waals surface area contributed by atoms with Crippen LogP contribution in [0.3, 0.4) is 0 Å². The Kier molecular flexibility index (Phi) is 4.36. The van der Waals surface area contributed by atoms with Gasteiger partial charge in [-0.3, -0.25) is 4.90 Å². The van der Waals surface area contributed by atoms with Gasteiger partial charge in [0, 0.05) is 18.6 Å². The molecule has 1 aromatic rings. The lowest BCUT2D eigenvalue weighted by Crippen LogP contribution is -2.48. The van der Waals surface area contributed by atoms with Crippen molar-refractivity contribution >= 4 is 0 Å². The van der Waals surface area contributed by atoms with Crippen LogP contribution in [0.15, 0.2) is 18.2 Å². The van der Waals surface area contributed by atoms with Gasteiger partial charge in [-0.25, -0.2) is 4.39 Å². The molecule has 2 unspecified atom stereocenters. The molecular weight excluding hydrogens is 227 g/mol. The van der Waals surface area contributed by atoms with E-state index in [2.05, 4.69) is 11.8 Å². The van der Waals surface area contributed by atoms with Gasteiger partial charge in [0.05, 0.1) is 0 Å². The molecule has 2 N–H and O–H groups in total. The first-order chi connectivity index (χ1) is 8.58. The summed E-state index contributed by atoms with van der Waals surface area (Å²) in [5, 5.41) is 0. The number of hydrogen-bond donors (Lipinski definition) is 1. The van der Waals surface area contributed by atoms with Gasteiger partial charge in [-0.05, 0) is 56.5 Å². The van der Waals surface area contributed by atoms with Crippen LogP contribution in [0.1, 0.15) is 37.3 Å². The monoisotopic (exact) mass is 250 g/mol. The van der Waals surface area contributed by atoms with Crippen molar-refractivity contribution in [2.75, 3.05) is 6.54 Å². The number of piperidine rings is 1. The molecule has 2 atom stereocenters. The summed E-state index contributed by atoms with van der Waals surface area (Å²) in [7, 11) is 0. The molecule has 1 heterocycles. The zero-order chi connectivity index (χ0) is 13.1. The summed E-state index contributed by atoms with van der Waals surface area (Å²) in [6, 6.07) is 5.65. The minimum Gasteiger partial charge on any atom is -0.327 e. The Morgan fingerprint density at radius 2 is 2.22 bits per heavy atom. The SMILES string of the molecule is Cc1ccc(F)cc1CN1CCCCC1C(C)N. The van der Waals surface area contributed by atoms with Gasteiger partial charge in [0.15, 0.2) is 0 Å². The van der Waals surface area contributed by atoms with E-state index in [9.17, 15) is 4.39 Å². The Morgan fingerprint density at radius 3 is 2.94 bits per heavy atom. The maximum absolute atomic E-state index is 13.3. The Hall–Kier alpha value is -0.930. The second kappa shape index (κ2) is 5.81. The van der Waals surface area contributed by atoms with Crippen LogP contribution < -0.4 is 5.73 Å². The first kappa shape index (κ1) is 13.5. The van der Waals surface area contributed by atoms with Gasteiger partial charge in [-0.1, -0.05) is 12.5 Å². The maximum Gasteiger partial charge on any atom is 0.123 e. The predicted molar refractivity (Wildman–Crippen MR) is 72.8 cm³/mol. The van der Waals surface area contributed by atoms with E-state index in [4.69, 9.17) is 5.73 Å². The van der Waals surface area contributed by atoms with Crippen LogP contribution >= 0.6 is 0 Å². The first-order valence-electron chi connectivity index (χ1n) is 6.82. The molecule has 0 saturated carbocycles. The minimum absolute atomic E-state index is 0.148. The quantitative estimate of drug-likeness (QED) is 0.894. The van der Waals surface area contributed by atoms with E-state index < -0.39 is 0 Å². The zero-order valence-electron chi connectivity index (χ0n) is 11.3. The highest BCUT2D eigenvalue weighted by atomic mass is 19.1. The molecule has 0 radical (unpaired) electrons. The number of rotatable bonds is 3. The topological polar surface area (TPSA) is 29.3 Å². The largest absolute Gasteiger partial charge is 0.327 e. The molecule has 0 bridgehead atoms. The lowest BCUT2D eigenvalue weighted by molar-refractivity contribution is 0.122. The van der Waals surface area contributed by atoms with Crippen molar-refractivity contribution in [3.63, 3.8) is 0 Å². The van der Waals surface area contributed by atoms with Crippen LogP contribution in [0.4, 0.5) is 4.39 Å². The van der Waals surface area contributed by atoms with E-state index in [1.54, 1.807) is 6.07 Å². The summed E-state index contributed by atoms with van der Waals surface area (Å²) < 4.78 is 13.3. The van der Waals surface area contributed by atoms with Crippen molar-refractivity contribution in [2.45, 2.75) is 51.7 Å². The molecule has 1 fully saturated rings. The normalized spacial score (nSPS) is 23.0. The zero-order valence-corrected chi connectivity index (χ0v) is 11.3. The number of nitrogens with two attached hydrogens (primary N) is 1. The molecular formula is C15H23FN2. The van der Waals surface area contributed by atoms with Crippen molar-refractivity contribution in [1.82, 2.24) is 4.90 Å². The van der Waals surface area contributed by atoms with Gasteiger partial charge >= 0.3 is 0 Å². The van der Waals surface area contributed by atoms with E-state index >= 15 is 0 Å². The van der Waals surface area contributed by atoms with Gasteiger partial charge in [0.25, 0.3) is 0 Å². The summed E-state index contributed by atoms with van der Waals surface area (Å²) in [5.41, 5.74) is 8.31. The van der Waals surface area contributed by atoms with Crippen LogP contribution in [0.5, 0.6) is 0 Å². The third-order valence-corrected chi connectivity index (χ3v) is 3.96. The van der Waals surface area contributed by atoms with Crippen LogP contribution in [0, 0.1) is 12.7 Å². The van der Waals surface area contributed by atoms with Crippen LogP contribution in [-0.2, 0) is 6.54 Å². The Labute approximate surface area is 109 Å². The van der Waals surface area contributed by atoms with Crippen molar-refractivity contribution in [3.8, 4) is 0 Å². The number of benzene rings is 1. The van der Waals surface area contributed by atoms with Gasteiger partial charge in [0.2, 0.25) is 0 Å². The lowest BCUT2D eigenvalue weighted by Gasteiger charge is -2.38. The van der Waals surface area contributed by atoms with Crippen LogP contribution in [0.25, 0.3) is 0 Å². The van der Waals surface area contributed by atoms with Crippen LogP contribution in [0.2, 0.25) is 0 Å². The smallest absolute Gasteiger partial charge is 0.123 e. The highest BCUT2D eigenvalue weighted by molar-refractivity contribution is 5.26. The highest BCUT2D eigenvalue weighted by Crippen LogP contribution is 2.22. The van der Waals surface area contributed by atoms with Gasteiger partial charge in [-0.2, -0.15) is 0 Å². The number of likely N-dealkylation sites (tertiary alicyclic amines) is 1. The fraction of sp³-hybridized carbons (Fsp3) is 0.600. The lowest BCUT2D eigenvalue weighted by atomic mass is 9.95. The molecule has 3 heteroatoms. The Bertz CT molecular complexity index is 403. The molecule has 0 spiro atoms. The average molecular weight is 250 g/mol. The number of nitrogens with zero attached hydrogens (tertiary/aromatic N) is 1. The number of halogens is 1. The maximum atomic E-state index is 13.3. The molecule has 1 saturated heterocycles. The van der Waals surface area contributed by atoms with Gasteiger partial charge < -0.3 is 5.73 Å². The third kappa shape index (κ3) is 3.09. The number of aryl methyl sites for hydroxylation is 1. The molecule has 0 aliphatic carbocycles. The molecule has 0 amide bonds. The minimum atomic E-state index is -0.148. The second-order valence-corrected chi connectivity index (χ2v) is 5.46. The Balaban J connectivity index is 2.13. The summed E-state index contributed by atoms with van der Waals surface area (Å²) in [6.07, 6.45) is 3.63. The molecule has 1 aromatic carbocycles. The average Bonchev–Trinajstić information content (AvgIpc) is 2.34. The molecule has 100 valence electrons. The predicted octanol–water partition coefficient (Wildman–Crippen LogP) is 2.84. The summed E-state index contributed by atoms with van der Waals surface area (Å²) >= 11 is 0. The Morgan fingerprint density at radius 1 is 1.44 bits per heavy atom. The summed E-state index contributed by atoms with van der Waals surface area (Å²) in [4.78, 5) is 2.41. The van der Waals surface area contributed by atoms with E-state index in [0.29, 0.717) is 6.04 Å². The standard InChI is InChI=1S/C15H23FN2/c1-11-6-7-14(16)9-13(11)10-18-8-4-3-5-15(18)12(2)17/h6-7,9,12,15H,3-5,8,10,17H2,1-2H3. The van der Waals surface area contributed by atoms with Crippen LogP contribution in [-0.4, -0.2) is 23.5 Å². The van der Waals surface area contributed by atoms with E-state index in [1.807, 2.05) is 13.0 Å². The molecule has 1 aliphatic rings. The summed E-state index contributed by atoms with van der Waals surface area (Å²) in [5.74, 6) is -0.148. The first-order valence-corrected chi connectivity index (χ1v) is 6.82. The molecule has 0 aromatic heterocycles. The molecule has 2 nitrogen and oxygen atoms in total. The highest BCUT2D eigenvalue weighted by Gasteiger charge is 2.25. The van der Waals surface area contributed by atoms with Gasteiger partial charge in [-0.15, -0.1) is 0 Å². The van der Waals surface area contributed by atoms with Crippen molar-refractivity contribution < 1.29 is 4.39 Å².